The number of nitrogens with zero attached hydrogens (tertiary/aromatic N) is 3. The third-order valence-electron chi connectivity index (χ3n) is 2.15. The molecule has 0 aliphatic rings. The minimum Gasteiger partial charge on any atom is -0.277 e. The molecule has 1 N–H and O–H groups in total. The molecular formula is C9H6N4O2. The average Bonchev–Trinajstić information content (AvgIpc) is 2.66. The number of H-pyrrole nitrogens is 1. The van der Waals surface area contributed by atoms with E-state index in [1.807, 2.05) is 6.07 Å². The minimum atomic E-state index is -0.493. The molecule has 0 saturated carbocycles. The molecule has 2 rings (SSSR count). The molecule has 1 heterocycles. The fourth-order valence-electron chi connectivity index (χ4n) is 1.49. The van der Waals surface area contributed by atoms with Crippen LogP contribution in [-0.2, 0) is 6.42 Å². The van der Waals surface area contributed by atoms with E-state index in [0.29, 0.717) is 11.1 Å². The van der Waals surface area contributed by atoms with Gasteiger partial charge in [0.1, 0.15) is 0 Å². The maximum Gasteiger partial charge on any atom is 0.275 e. The lowest BCUT2D eigenvalue weighted by Crippen LogP contribution is -1.95. The van der Waals surface area contributed by atoms with Gasteiger partial charge in [-0.15, -0.1) is 0 Å². The number of nitriles is 1. The number of hydrogen-bond acceptors (Lipinski definition) is 4. The van der Waals surface area contributed by atoms with Crippen molar-refractivity contribution in [3.05, 3.63) is 34.0 Å². The topological polar surface area (TPSA) is 95.6 Å². The number of nitro groups is 1. The van der Waals surface area contributed by atoms with E-state index in [2.05, 4.69) is 10.2 Å². The van der Waals surface area contributed by atoms with Gasteiger partial charge >= 0.3 is 0 Å². The van der Waals surface area contributed by atoms with Crippen LogP contribution in [0.1, 0.15) is 5.56 Å². The van der Waals surface area contributed by atoms with Gasteiger partial charge in [0.2, 0.25) is 0 Å². The first-order valence-corrected chi connectivity index (χ1v) is 4.20. The van der Waals surface area contributed by atoms with Crippen LogP contribution in [0.3, 0.4) is 0 Å². The van der Waals surface area contributed by atoms with Crippen molar-refractivity contribution in [2.75, 3.05) is 0 Å². The van der Waals surface area contributed by atoms with Crippen molar-refractivity contribution >= 4 is 16.6 Å². The summed E-state index contributed by atoms with van der Waals surface area (Å²) in [7, 11) is 0. The summed E-state index contributed by atoms with van der Waals surface area (Å²) in [6.07, 6.45) is 1.57. The highest BCUT2D eigenvalue weighted by molar-refractivity contribution is 5.85. The highest BCUT2D eigenvalue weighted by Gasteiger charge is 2.17. The van der Waals surface area contributed by atoms with Gasteiger partial charge in [-0.1, -0.05) is 0 Å². The van der Waals surface area contributed by atoms with Crippen molar-refractivity contribution in [1.29, 1.82) is 5.26 Å². The maximum absolute atomic E-state index is 10.7. The lowest BCUT2D eigenvalue weighted by Gasteiger charge is -1.99. The molecule has 1 aromatic heterocycles. The summed E-state index contributed by atoms with van der Waals surface area (Å²) in [5, 5.41) is 26.6. The Morgan fingerprint density at radius 3 is 3.07 bits per heavy atom. The predicted molar refractivity (Wildman–Crippen MR) is 52.1 cm³/mol. The standard InChI is InChI=1S/C9H6N4O2/c10-4-3-7-8(13(14)15)2-1-6-5-11-12-9(6)7/h1-2,5H,3H2,(H,11,12). The smallest absolute Gasteiger partial charge is 0.275 e. The van der Waals surface area contributed by atoms with E-state index in [9.17, 15) is 10.1 Å². The zero-order valence-corrected chi connectivity index (χ0v) is 7.60. The summed E-state index contributed by atoms with van der Waals surface area (Å²) in [6.45, 7) is 0. The molecule has 0 amide bonds. The molecule has 0 bridgehead atoms. The molecule has 74 valence electrons. The summed E-state index contributed by atoms with van der Waals surface area (Å²) < 4.78 is 0. The van der Waals surface area contributed by atoms with Gasteiger partial charge in [0.15, 0.2) is 0 Å². The number of hydrogen-bond donors (Lipinski definition) is 1. The van der Waals surface area contributed by atoms with Crippen LogP contribution < -0.4 is 0 Å². The van der Waals surface area contributed by atoms with Gasteiger partial charge in [-0.05, 0) is 6.07 Å². The van der Waals surface area contributed by atoms with Gasteiger partial charge in [0.05, 0.1) is 34.7 Å². The van der Waals surface area contributed by atoms with Crippen molar-refractivity contribution in [3.8, 4) is 6.07 Å². The monoisotopic (exact) mass is 202 g/mol. The first-order valence-electron chi connectivity index (χ1n) is 4.20. The Bertz CT molecular complexity index is 567. The fraction of sp³-hybridized carbons (Fsp3) is 0.111. The van der Waals surface area contributed by atoms with Crippen LogP contribution in [0.4, 0.5) is 5.69 Å². The van der Waals surface area contributed by atoms with Crippen LogP contribution in [0.5, 0.6) is 0 Å². The largest absolute Gasteiger partial charge is 0.277 e. The maximum atomic E-state index is 10.7. The van der Waals surface area contributed by atoms with Crippen LogP contribution in [0.15, 0.2) is 18.3 Å². The highest BCUT2D eigenvalue weighted by atomic mass is 16.6. The van der Waals surface area contributed by atoms with E-state index in [1.165, 1.54) is 6.07 Å². The van der Waals surface area contributed by atoms with E-state index >= 15 is 0 Å². The first kappa shape index (κ1) is 9.15. The third-order valence-corrected chi connectivity index (χ3v) is 2.15. The second-order valence-electron chi connectivity index (χ2n) is 2.99. The Morgan fingerprint density at radius 2 is 2.40 bits per heavy atom. The molecule has 6 nitrogen and oxygen atoms in total. The summed E-state index contributed by atoms with van der Waals surface area (Å²) >= 11 is 0. The lowest BCUT2D eigenvalue weighted by atomic mass is 10.1. The van der Waals surface area contributed by atoms with E-state index < -0.39 is 4.92 Å². The molecule has 6 heteroatoms. The van der Waals surface area contributed by atoms with Crippen molar-refractivity contribution in [3.63, 3.8) is 0 Å². The first-order chi connectivity index (χ1) is 7.24. The summed E-state index contributed by atoms with van der Waals surface area (Å²) in [5.41, 5.74) is 0.900. The van der Waals surface area contributed by atoms with Crippen LogP contribution in [0.2, 0.25) is 0 Å². The third kappa shape index (κ3) is 1.40. The molecule has 0 unspecified atom stereocenters. The van der Waals surface area contributed by atoms with Gasteiger partial charge in [0.25, 0.3) is 5.69 Å². The second-order valence-corrected chi connectivity index (χ2v) is 2.99. The van der Waals surface area contributed by atoms with Crippen molar-refractivity contribution in [2.24, 2.45) is 0 Å². The van der Waals surface area contributed by atoms with Crippen LogP contribution in [0.25, 0.3) is 10.9 Å². The number of aromatic nitrogens is 2. The predicted octanol–water partition coefficient (Wildman–Crippen LogP) is 1.54. The zero-order valence-electron chi connectivity index (χ0n) is 7.60. The second kappa shape index (κ2) is 3.38. The fourth-order valence-corrected chi connectivity index (χ4v) is 1.49. The Kier molecular flexibility index (Phi) is 2.06. The molecule has 0 aliphatic heterocycles. The molecule has 0 saturated heterocycles. The number of benzene rings is 1. The number of aromatic amines is 1. The Labute approximate surface area is 84.3 Å². The Morgan fingerprint density at radius 1 is 1.60 bits per heavy atom. The Hall–Kier alpha value is -2.42. The number of nitro benzene ring substituents is 1. The lowest BCUT2D eigenvalue weighted by molar-refractivity contribution is -0.385. The van der Waals surface area contributed by atoms with Crippen molar-refractivity contribution in [1.82, 2.24) is 10.2 Å². The number of fused-ring (bicyclic) bond motifs is 1. The molecule has 2 aromatic rings. The SMILES string of the molecule is N#CCc1c([N+](=O)[O-])ccc2cn[nH]c12. The van der Waals surface area contributed by atoms with Crippen molar-refractivity contribution < 1.29 is 4.92 Å². The summed E-state index contributed by atoms with van der Waals surface area (Å²) in [4.78, 5) is 10.2. The number of rotatable bonds is 2. The average molecular weight is 202 g/mol. The van der Waals surface area contributed by atoms with E-state index in [1.54, 1.807) is 12.3 Å². The normalized spacial score (nSPS) is 10.1. The van der Waals surface area contributed by atoms with Gasteiger partial charge in [-0.3, -0.25) is 15.2 Å². The molecule has 0 atom stereocenters. The quantitative estimate of drug-likeness (QED) is 0.590. The molecule has 0 fully saturated rings. The highest BCUT2D eigenvalue weighted by Crippen LogP contribution is 2.26. The van der Waals surface area contributed by atoms with Gasteiger partial charge in [-0.2, -0.15) is 10.4 Å². The number of nitrogens with one attached hydrogen (secondary N) is 1. The van der Waals surface area contributed by atoms with Gasteiger partial charge < -0.3 is 0 Å². The summed E-state index contributed by atoms with van der Waals surface area (Å²) in [5.74, 6) is 0. The van der Waals surface area contributed by atoms with Crippen LogP contribution in [-0.4, -0.2) is 15.1 Å². The Balaban J connectivity index is 2.76. The van der Waals surface area contributed by atoms with Gasteiger partial charge in [-0.25, -0.2) is 0 Å². The van der Waals surface area contributed by atoms with Crippen molar-refractivity contribution in [2.45, 2.75) is 6.42 Å². The van der Waals surface area contributed by atoms with Crippen LogP contribution in [0, 0.1) is 21.4 Å². The molecule has 1 aromatic carbocycles. The van der Waals surface area contributed by atoms with E-state index in [-0.39, 0.29) is 12.1 Å². The van der Waals surface area contributed by atoms with E-state index in [0.717, 1.165) is 5.39 Å². The molecule has 0 spiro atoms. The van der Waals surface area contributed by atoms with Crippen LogP contribution >= 0.6 is 0 Å². The molecular weight excluding hydrogens is 196 g/mol. The molecule has 0 radical (unpaired) electrons. The van der Waals surface area contributed by atoms with E-state index in [4.69, 9.17) is 5.26 Å². The minimum absolute atomic E-state index is 0.00412. The zero-order chi connectivity index (χ0) is 10.8. The molecule has 0 aliphatic carbocycles. The molecule has 15 heavy (non-hydrogen) atoms. The summed E-state index contributed by atoms with van der Waals surface area (Å²) in [6, 6.07) is 4.91. The van der Waals surface area contributed by atoms with Gasteiger partial charge in [0, 0.05) is 11.5 Å².